The summed E-state index contributed by atoms with van der Waals surface area (Å²) in [6.07, 6.45) is 6.93. The largest absolute Gasteiger partial charge is 0.0763 e. The van der Waals surface area contributed by atoms with Gasteiger partial charge in [-0.1, -0.05) is 86.7 Å². The fourth-order valence-corrected chi connectivity index (χ4v) is 2.41. The van der Waals surface area contributed by atoms with E-state index in [0.29, 0.717) is 0 Å². The quantitative estimate of drug-likeness (QED) is 0.625. The van der Waals surface area contributed by atoms with Crippen molar-refractivity contribution in [2.75, 3.05) is 0 Å². The van der Waals surface area contributed by atoms with Gasteiger partial charge < -0.3 is 0 Å². The van der Waals surface area contributed by atoms with E-state index in [1.54, 1.807) is 0 Å². The summed E-state index contributed by atoms with van der Waals surface area (Å²) in [5.41, 5.74) is 5.45. The minimum atomic E-state index is 1.13. The van der Waals surface area contributed by atoms with Crippen LogP contribution in [-0.4, -0.2) is 0 Å². The first-order chi connectivity index (χ1) is 9.93. The summed E-state index contributed by atoms with van der Waals surface area (Å²) in [6, 6.07) is 21.3. The smallest absolute Gasteiger partial charge is 0.0187 e. The predicted molar refractivity (Wildman–Crippen MR) is 89.4 cm³/mol. The molecule has 1 aliphatic carbocycles. The number of rotatable bonds is 2. The molecular weight excluding hydrogens is 240 g/mol. The highest BCUT2D eigenvalue weighted by molar-refractivity contribution is 5.85. The van der Waals surface area contributed by atoms with Crippen LogP contribution in [0, 0.1) is 0 Å². The van der Waals surface area contributed by atoms with Crippen LogP contribution in [-0.2, 0) is 0 Å². The molecule has 102 valence electrons. The van der Waals surface area contributed by atoms with Crippen molar-refractivity contribution in [1.82, 2.24) is 0 Å². The Morgan fingerprint density at radius 1 is 0.700 bits per heavy atom. The van der Waals surface area contributed by atoms with E-state index >= 15 is 0 Å². The molecule has 20 heavy (non-hydrogen) atoms. The standard InChI is InChI=1S/C18H16.C2H6/c1-3-8-15(9-4-1)17-12-7-13-18(14-17)16-10-5-2-6-11-16;1-2/h1-6,8-12,14H,7,13H2;1-2H3. The Labute approximate surface area is 122 Å². The molecule has 2 aromatic rings. The molecule has 0 saturated heterocycles. The molecule has 0 bridgehead atoms. The summed E-state index contributed by atoms with van der Waals surface area (Å²) < 4.78 is 0. The Bertz CT molecular complexity index is 574. The molecule has 0 radical (unpaired) electrons. The molecule has 0 atom stereocenters. The average molecular weight is 262 g/mol. The zero-order chi connectivity index (χ0) is 14.2. The Morgan fingerprint density at radius 3 is 1.85 bits per heavy atom. The van der Waals surface area contributed by atoms with Crippen molar-refractivity contribution in [3.05, 3.63) is 83.9 Å². The van der Waals surface area contributed by atoms with E-state index in [0.717, 1.165) is 12.8 Å². The van der Waals surface area contributed by atoms with Gasteiger partial charge in [-0.3, -0.25) is 0 Å². The summed E-state index contributed by atoms with van der Waals surface area (Å²) in [5, 5.41) is 0. The molecule has 0 N–H and O–H groups in total. The van der Waals surface area contributed by atoms with Crippen molar-refractivity contribution in [1.29, 1.82) is 0 Å². The minimum absolute atomic E-state index is 1.13. The first kappa shape index (κ1) is 14.3. The van der Waals surface area contributed by atoms with Crippen LogP contribution in [0.15, 0.2) is 72.8 Å². The average Bonchev–Trinajstić information content (AvgIpc) is 2.58. The normalized spacial score (nSPS) is 13.7. The van der Waals surface area contributed by atoms with Crippen molar-refractivity contribution >= 4 is 11.1 Å². The maximum atomic E-state index is 2.34. The van der Waals surface area contributed by atoms with Crippen LogP contribution < -0.4 is 0 Å². The topological polar surface area (TPSA) is 0 Å². The number of allylic oxidation sites excluding steroid dienone is 4. The highest BCUT2D eigenvalue weighted by Gasteiger charge is 2.08. The van der Waals surface area contributed by atoms with Gasteiger partial charge in [-0.25, -0.2) is 0 Å². The lowest BCUT2D eigenvalue weighted by Gasteiger charge is -2.14. The van der Waals surface area contributed by atoms with Crippen LogP contribution in [0.1, 0.15) is 37.8 Å². The summed E-state index contributed by atoms with van der Waals surface area (Å²) >= 11 is 0. The van der Waals surface area contributed by atoms with E-state index in [1.807, 2.05) is 13.8 Å². The van der Waals surface area contributed by atoms with Gasteiger partial charge in [0.1, 0.15) is 0 Å². The third kappa shape index (κ3) is 3.48. The highest BCUT2D eigenvalue weighted by Crippen LogP contribution is 2.30. The molecular formula is C20H22. The van der Waals surface area contributed by atoms with Crippen molar-refractivity contribution in [2.24, 2.45) is 0 Å². The fourth-order valence-electron chi connectivity index (χ4n) is 2.41. The molecule has 0 fully saturated rings. The van der Waals surface area contributed by atoms with Gasteiger partial charge in [0.2, 0.25) is 0 Å². The van der Waals surface area contributed by atoms with E-state index in [1.165, 1.54) is 22.3 Å². The summed E-state index contributed by atoms with van der Waals surface area (Å²) in [5.74, 6) is 0. The van der Waals surface area contributed by atoms with E-state index in [-0.39, 0.29) is 0 Å². The van der Waals surface area contributed by atoms with Gasteiger partial charge in [-0.05, 0) is 35.1 Å². The van der Waals surface area contributed by atoms with Crippen LogP contribution in [0.5, 0.6) is 0 Å². The first-order valence-electron chi connectivity index (χ1n) is 7.45. The van der Waals surface area contributed by atoms with Gasteiger partial charge in [-0.15, -0.1) is 0 Å². The van der Waals surface area contributed by atoms with Gasteiger partial charge in [0, 0.05) is 0 Å². The second-order valence-corrected chi connectivity index (χ2v) is 4.60. The third-order valence-corrected chi connectivity index (χ3v) is 3.36. The monoisotopic (exact) mass is 262 g/mol. The van der Waals surface area contributed by atoms with E-state index in [2.05, 4.69) is 72.8 Å². The molecule has 0 unspecified atom stereocenters. The van der Waals surface area contributed by atoms with Gasteiger partial charge in [0.25, 0.3) is 0 Å². The third-order valence-electron chi connectivity index (χ3n) is 3.36. The van der Waals surface area contributed by atoms with Crippen LogP contribution >= 0.6 is 0 Å². The summed E-state index contributed by atoms with van der Waals surface area (Å²) in [4.78, 5) is 0. The van der Waals surface area contributed by atoms with Crippen molar-refractivity contribution in [3.8, 4) is 0 Å². The van der Waals surface area contributed by atoms with E-state index in [4.69, 9.17) is 0 Å². The van der Waals surface area contributed by atoms with Crippen molar-refractivity contribution < 1.29 is 0 Å². The maximum absolute atomic E-state index is 2.34. The zero-order valence-electron chi connectivity index (χ0n) is 12.3. The molecule has 0 heterocycles. The lowest BCUT2D eigenvalue weighted by Crippen LogP contribution is -1.92. The molecule has 3 rings (SSSR count). The summed E-state index contributed by atoms with van der Waals surface area (Å²) in [7, 11) is 0. The first-order valence-corrected chi connectivity index (χ1v) is 7.45. The van der Waals surface area contributed by atoms with Crippen LogP contribution in [0.2, 0.25) is 0 Å². The Morgan fingerprint density at radius 2 is 1.25 bits per heavy atom. The second kappa shape index (κ2) is 7.49. The lowest BCUT2D eigenvalue weighted by molar-refractivity contribution is 1.06. The molecule has 0 heteroatoms. The second-order valence-electron chi connectivity index (χ2n) is 4.60. The van der Waals surface area contributed by atoms with Gasteiger partial charge in [0.05, 0.1) is 0 Å². The number of benzene rings is 2. The SMILES string of the molecule is C1=C(c2ccccc2)C=C(c2ccccc2)CC1.CC. The minimum Gasteiger partial charge on any atom is -0.0763 e. The van der Waals surface area contributed by atoms with E-state index < -0.39 is 0 Å². The Balaban J connectivity index is 0.000000704. The fraction of sp³-hybridized carbons (Fsp3) is 0.200. The summed E-state index contributed by atoms with van der Waals surface area (Å²) in [6.45, 7) is 4.00. The molecule has 0 aromatic heterocycles. The van der Waals surface area contributed by atoms with Crippen LogP contribution in [0.4, 0.5) is 0 Å². The predicted octanol–water partition coefficient (Wildman–Crippen LogP) is 5.97. The number of hydrogen-bond donors (Lipinski definition) is 0. The van der Waals surface area contributed by atoms with E-state index in [9.17, 15) is 0 Å². The zero-order valence-corrected chi connectivity index (χ0v) is 12.3. The molecule has 0 aliphatic heterocycles. The van der Waals surface area contributed by atoms with Crippen molar-refractivity contribution in [2.45, 2.75) is 26.7 Å². The lowest BCUT2D eigenvalue weighted by atomic mass is 9.91. The highest BCUT2D eigenvalue weighted by atomic mass is 14.1. The van der Waals surface area contributed by atoms with Gasteiger partial charge in [0.15, 0.2) is 0 Å². The molecule has 2 aromatic carbocycles. The Hall–Kier alpha value is -2.08. The molecule has 0 amide bonds. The van der Waals surface area contributed by atoms with Gasteiger partial charge in [-0.2, -0.15) is 0 Å². The molecule has 1 aliphatic rings. The van der Waals surface area contributed by atoms with Crippen LogP contribution in [0.3, 0.4) is 0 Å². The maximum Gasteiger partial charge on any atom is -0.0187 e. The number of hydrogen-bond acceptors (Lipinski definition) is 0. The molecule has 0 spiro atoms. The molecule has 0 saturated carbocycles. The molecule has 0 nitrogen and oxygen atoms in total. The van der Waals surface area contributed by atoms with Gasteiger partial charge >= 0.3 is 0 Å². The van der Waals surface area contributed by atoms with Crippen molar-refractivity contribution in [3.63, 3.8) is 0 Å². The van der Waals surface area contributed by atoms with Crippen LogP contribution in [0.25, 0.3) is 11.1 Å². The Kier molecular flexibility index (Phi) is 5.37.